The summed E-state index contributed by atoms with van der Waals surface area (Å²) in [5, 5.41) is 0. The van der Waals surface area contributed by atoms with Crippen LogP contribution in [0.2, 0.25) is 0 Å². The number of likely N-dealkylation sites (N-methyl/N-ethyl adjacent to an activating group) is 1. The molecule has 1 aromatic heterocycles. The minimum Gasteiger partial charge on any atom is -0.365 e. The van der Waals surface area contributed by atoms with Crippen molar-refractivity contribution in [2.75, 3.05) is 13.6 Å². The second kappa shape index (κ2) is 5.51. The lowest BCUT2D eigenvalue weighted by atomic mass is 9.91. The van der Waals surface area contributed by atoms with Crippen LogP contribution in [0.5, 0.6) is 0 Å². The Kier molecular flexibility index (Phi) is 4.02. The molecule has 1 aliphatic carbocycles. The van der Waals surface area contributed by atoms with Gasteiger partial charge in [-0.15, -0.1) is 0 Å². The first-order valence-corrected chi connectivity index (χ1v) is 6.34. The number of rotatable bonds is 4. The molecular weight excluding hydrogens is 198 g/mol. The molecule has 0 spiro atoms. The standard InChI is InChI=1S/C13H23N3/c1-16(10-8-12-3-2-9-15-12)13-6-4-11(14)5-7-13/h2-3,9,11,13,15H,4-8,10,14H2,1H3. The highest BCUT2D eigenvalue weighted by molar-refractivity contribution is 5.03. The van der Waals surface area contributed by atoms with Gasteiger partial charge in [0.25, 0.3) is 0 Å². The Morgan fingerprint density at radius 3 is 2.75 bits per heavy atom. The quantitative estimate of drug-likeness (QED) is 0.813. The van der Waals surface area contributed by atoms with Crippen LogP contribution in [0.3, 0.4) is 0 Å². The van der Waals surface area contributed by atoms with Crippen molar-refractivity contribution in [3.8, 4) is 0 Å². The van der Waals surface area contributed by atoms with Gasteiger partial charge in [0.2, 0.25) is 0 Å². The molecule has 0 radical (unpaired) electrons. The predicted octanol–water partition coefficient (Wildman–Crippen LogP) is 1.76. The van der Waals surface area contributed by atoms with Gasteiger partial charge in [-0.1, -0.05) is 0 Å². The monoisotopic (exact) mass is 221 g/mol. The van der Waals surface area contributed by atoms with Crippen molar-refractivity contribution in [3.63, 3.8) is 0 Å². The Labute approximate surface area is 98.0 Å². The Balaban J connectivity index is 1.73. The van der Waals surface area contributed by atoms with Crippen molar-refractivity contribution in [2.24, 2.45) is 5.73 Å². The molecule has 1 aliphatic rings. The molecule has 0 bridgehead atoms. The Morgan fingerprint density at radius 2 is 2.12 bits per heavy atom. The van der Waals surface area contributed by atoms with Crippen LogP contribution >= 0.6 is 0 Å². The zero-order chi connectivity index (χ0) is 11.4. The van der Waals surface area contributed by atoms with Crippen molar-refractivity contribution >= 4 is 0 Å². The summed E-state index contributed by atoms with van der Waals surface area (Å²) in [5.41, 5.74) is 7.26. The maximum atomic E-state index is 5.92. The van der Waals surface area contributed by atoms with Crippen molar-refractivity contribution in [1.29, 1.82) is 0 Å². The van der Waals surface area contributed by atoms with E-state index in [1.807, 2.05) is 6.20 Å². The zero-order valence-corrected chi connectivity index (χ0v) is 10.2. The molecule has 3 N–H and O–H groups in total. The number of hydrogen-bond donors (Lipinski definition) is 2. The molecule has 90 valence electrons. The van der Waals surface area contributed by atoms with Gasteiger partial charge in [0.15, 0.2) is 0 Å². The van der Waals surface area contributed by atoms with Gasteiger partial charge in [0.05, 0.1) is 0 Å². The summed E-state index contributed by atoms with van der Waals surface area (Å²) in [6.45, 7) is 1.14. The highest BCUT2D eigenvalue weighted by Gasteiger charge is 2.21. The topological polar surface area (TPSA) is 45.0 Å². The minimum atomic E-state index is 0.452. The van der Waals surface area contributed by atoms with Crippen LogP contribution in [0.15, 0.2) is 18.3 Å². The van der Waals surface area contributed by atoms with E-state index < -0.39 is 0 Å². The summed E-state index contributed by atoms with van der Waals surface area (Å²) >= 11 is 0. The largest absolute Gasteiger partial charge is 0.365 e. The van der Waals surface area contributed by atoms with Gasteiger partial charge in [-0.25, -0.2) is 0 Å². The van der Waals surface area contributed by atoms with Crippen molar-refractivity contribution < 1.29 is 0 Å². The van der Waals surface area contributed by atoms with Gasteiger partial charge >= 0.3 is 0 Å². The summed E-state index contributed by atoms with van der Waals surface area (Å²) in [5.74, 6) is 0. The van der Waals surface area contributed by atoms with E-state index in [9.17, 15) is 0 Å². The molecule has 2 rings (SSSR count). The molecule has 3 nitrogen and oxygen atoms in total. The van der Waals surface area contributed by atoms with Crippen LogP contribution in [0.1, 0.15) is 31.4 Å². The number of H-pyrrole nitrogens is 1. The van der Waals surface area contributed by atoms with E-state index in [2.05, 4.69) is 29.1 Å². The van der Waals surface area contributed by atoms with Crippen LogP contribution in [-0.2, 0) is 6.42 Å². The molecule has 1 heterocycles. The fourth-order valence-electron chi connectivity index (χ4n) is 2.54. The van der Waals surface area contributed by atoms with Crippen LogP contribution in [-0.4, -0.2) is 35.6 Å². The number of hydrogen-bond acceptors (Lipinski definition) is 2. The zero-order valence-electron chi connectivity index (χ0n) is 10.2. The molecule has 16 heavy (non-hydrogen) atoms. The number of nitrogens with zero attached hydrogens (tertiary/aromatic N) is 1. The van der Waals surface area contributed by atoms with Gasteiger partial charge in [0, 0.05) is 36.9 Å². The second-order valence-electron chi connectivity index (χ2n) is 4.99. The molecule has 0 aliphatic heterocycles. The third-order valence-electron chi connectivity index (χ3n) is 3.76. The van der Waals surface area contributed by atoms with Gasteiger partial charge in [-0.3, -0.25) is 0 Å². The molecule has 1 saturated carbocycles. The summed E-state index contributed by atoms with van der Waals surface area (Å²) in [4.78, 5) is 5.75. The maximum Gasteiger partial charge on any atom is 0.0159 e. The molecule has 0 unspecified atom stereocenters. The van der Waals surface area contributed by atoms with Crippen LogP contribution < -0.4 is 5.73 Å². The summed E-state index contributed by atoms with van der Waals surface area (Å²) in [6, 6.07) is 5.42. The van der Waals surface area contributed by atoms with Gasteiger partial charge in [0.1, 0.15) is 0 Å². The van der Waals surface area contributed by atoms with Crippen molar-refractivity contribution in [3.05, 3.63) is 24.0 Å². The molecule has 1 fully saturated rings. The maximum absolute atomic E-state index is 5.92. The molecule has 0 amide bonds. The lowest BCUT2D eigenvalue weighted by molar-refractivity contribution is 0.184. The second-order valence-corrected chi connectivity index (χ2v) is 4.99. The van der Waals surface area contributed by atoms with E-state index in [-0.39, 0.29) is 0 Å². The third kappa shape index (κ3) is 3.09. The average molecular weight is 221 g/mol. The lowest BCUT2D eigenvalue weighted by Gasteiger charge is -2.33. The SMILES string of the molecule is CN(CCc1ccc[nH]1)C1CCC(N)CC1. The summed E-state index contributed by atoms with van der Waals surface area (Å²) in [7, 11) is 2.24. The molecule has 1 aromatic rings. The molecule has 0 saturated heterocycles. The van der Waals surface area contributed by atoms with Crippen LogP contribution in [0, 0.1) is 0 Å². The number of aromatic amines is 1. The van der Waals surface area contributed by atoms with E-state index >= 15 is 0 Å². The van der Waals surface area contributed by atoms with E-state index in [0.717, 1.165) is 19.0 Å². The number of aromatic nitrogens is 1. The van der Waals surface area contributed by atoms with Gasteiger partial charge in [-0.05, 0) is 44.9 Å². The first-order chi connectivity index (χ1) is 7.75. The molecule has 0 aromatic carbocycles. The third-order valence-corrected chi connectivity index (χ3v) is 3.76. The molecule has 0 atom stereocenters. The number of nitrogens with one attached hydrogen (secondary N) is 1. The van der Waals surface area contributed by atoms with E-state index in [1.165, 1.54) is 31.4 Å². The smallest absolute Gasteiger partial charge is 0.0159 e. The van der Waals surface area contributed by atoms with Crippen LogP contribution in [0.25, 0.3) is 0 Å². The highest BCUT2D eigenvalue weighted by Crippen LogP contribution is 2.21. The van der Waals surface area contributed by atoms with E-state index in [4.69, 9.17) is 5.73 Å². The summed E-state index contributed by atoms with van der Waals surface area (Å²) in [6.07, 6.45) is 8.03. The predicted molar refractivity (Wildman–Crippen MR) is 67.4 cm³/mol. The van der Waals surface area contributed by atoms with E-state index in [0.29, 0.717) is 6.04 Å². The fraction of sp³-hybridized carbons (Fsp3) is 0.692. The Bertz CT molecular complexity index is 286. The Hall–Kier alpha value is -0.800. The van der Waals surface area contributed by atoms with Gasteiger partial charge in [-0.2, -0.15) is 0 Å². The first-order valence-electron chi connectivity index (χ1n) is 6.34. The first kappa shape index (κ1) is 11.7. The minimum absolute atomic E-state index is 0.452. The van der Waals surface area contributed by atoms with Gasteiger partial charge < -0.3 is 15.6 Å². The summed E-state index contributed by atoms with van der Waals surface area (Å²) < 4.78 is 0. The lowest BCUT2D eigenvalue weighted by Crippen LogP contribution is -2.39. The Morgan fingerprint density at radius 1 is 1.38 bits per heavy atom. The normalized spacial score (nSPS) is 26.2. The highest BCUT2D eigenvalue weighted by atomic mass is 15.1. The van der Waals surface area contributed by atoms with Crippen LogP contribution in [0.4, 0.5) is 0 Å². The average Bonchev–Trinajstić information content (AvgIpc) is 2.80. The van der Waals surface area contributed by atoms with E-state index in [1.54, 1.807) is 0 Å². The molecular formula is C13H23N3. The van der Waals surface area contributed by atoms with Crippen molar-refractivity contribution in [1.82, 2.24) is 9.88 Å². The number of nitrogens with two attached hydrogens (primary N) is 1. The van der Waals surface area contributed by atoms with Crippen molar-refractivity contribution in [2.45, 2.75) is 44.2 Å². The fourth-order valence-corrected chi connectivity index (χ4v) is 2.54. The molecule has 3 heteroatoms.